The summed E-state index contributed by atoms with van der Waals surface area (Å²) < 4.78 is 1.88. The summed E-state index contributed by atoms with van der Waals surface area (Å²) in [5, 5.41) is 15.0. The Labute approximate surface area is 171 Å². The van der Waals surface area contributed by atoms with Gasteiger partial charge in [-0.3, -0.25) is 9.78 Å². The summed E-state index contributed by atoms with van der Waals surface area (Å²) in [7, 11) is 0. The van der Waals surface area contributed by atoms with E-state index in [0.717, 1.165) is 10.8 Å². The van der Waals surface area contributed by atoms with E-state index in [1.807, 2.05) is 54.6 Å². The molecule has 0 spiro atoms. The number of fused-ring (bicyclic) bond motifs is 2. The van der Waals surface area contributed by atoms with E-state index in [0.29, 0.717) is 27.0 Å². The van der Waals surface area contributed by atoms with E-state index in [4.69, 9.17) is 4.84 Å². The fourth-order valence-corrected chi connectivity index (χ4v) is 3.62. The predicted octanol–water partition coefficient (Wildman–Crippen LogP) is 3.48. The van der Waals surface area contributed by atoms with Crippen LogP contribution in [0.2, 0.25) is 0 Å². The van der Waals surface area contributed by atoms with Crippen LogP contribution in [0, 0.1) is 5.21 Å². The molecule has 0 atom stereocenters. The van der Waals surface area contributed by atoms with Gasteiger partial charge in [0.2, 0.25) is 5.52 Å². The van der Waals surface area contributed by atoms with Crippen LogP contribution in [0.4, 0.5) is 0 Å². The topological polar surface area (TPSA) is 71.1 Å². The maximum absolute atomic E-state index is 13.5. The number of pyridine rings is 1. The molecular weight excluding hydrogens is 378 g/mol. The number of hydrogen-bond donors (Lipinski definition) is 0. The molecule has 0 amide bonds. The highest BCUT2D eigenvalue weighted by Gasteiger charge is 2.24. The van der Waals surface area contributed by atoms with Crippen LogP contribution in [0.1, 0.15) is 5.69 Å². The summed E-state index contributed by atoms with van der Waals surface area (Å²) in [6.07, 6.45) is 1.66. The van der Waals surface area contributed by atoms with E-state index in [9.17, 15) is 10.0 Å². The van der Waals surface area contributed by atoms with Crippen molar-refractivity contribution >= 4 is 21.8 Å². The van der Waals surface area contributed by atoms with E-state index >= 15 is 0 Å². The van der Waals surface area contributed by atoms with Gasteiger partial charge in [0.15, 0.2) is 12.1 Å². The summed E-state index contributed by atoms with van der Waals surface area (Å²) in [4.78, 5) is 23.6. The van der Waals surface area contributed by atoms with Crippen molar-refractivity contribution in [3.8, 4) is 11.3 Å². The molecule has 30 heavy (non-hydrogen) atoms. The van der Waals surface area contributed by atoms with Gasteiger partial charge in [-0.15, -0.1) is 4.73 Å². The minimum absolute atomic E-state index is 0.0199. The molecule has 0 aliphatic rings. The fraction of sp³-hybridized carbons (Fsp3) is 0.0417. The Hall–Kier alpha value is -4.19. The Balaban J connectivity index is 1.76. The average molecular weight is 395 g/mol. The van der Waals surface area contributed by atoms with E-state index < -0.39 is 5.56 Å². The average Bonchev–Trinajstić information content (AvgIpc) is 2.80. The molecule has 6 nitrogen and oxygen atoms in total. The minimum Gasteiger partial charge on any atom is -0.618 e. The molecular formula is C24H17N3O3. The molecule has 5 aromatic rings. The number of hydrogen-bond acceptors (Lipinski definition) is 4. The Kier molecular flexibility index (Phi) is 4.37. The first kappa shape index (κ1) is 17.9. The van der Waals surface area contributed by atoms with Crippen LogP contribution in [0.25, 0.3) is 33.1 Å². The smallest absolute Gasteiger partial charge is 0.357 e. The quantitative estimate of drug-likeness (QED) is 0.345. The van der Waals surface area contributed by atoms with Crippen molar-refractivity contribution in [2.75, 3.05) is 0 Å². The summed E-state index contributed by atoms with van der Waals surface area (Å²) in [5.41, 5.74) is 1.49. The van der Waals surface area contributed by atoms with Crippen molar-refractivity contribution in [3.63, 3.8) is 0 Å². The molecule has 0 aliphatic carbocycles. The largest absolute Gasteiger partial charge is 0.618 e. The Bertz CT molecular complexity index is 1420. The molecule has 0 fully saturated rings. The molecule has 0 N–H and O–H groups in total. The Morgan fingerprint density at radius 3 is 2.53 bits per heavy atom. The second kappa shape index (κ2) is 7.33. The van der Waals surface area contributed by atoms with Crippen LogP contribution < -0.4 is 15.1 Å². The standard InChI is InChI=1S/C24H17N3O3/c28-24-23(20-12-7-9-17-8-1-2-11-19(17)20)26(29)21-13-3-4-14-22(21)27(24)30-16-18-10-5-6-15-25-18/h1-15H,16H2. The lowest BCUT2D eigenvalue weighted by atomic mass is 10.0. The predicted molar refractivity (Wildman–Crippen MR) is 115 cm³/mol. The first-order valence-electron chi connectivity index (χ1n) is 9.53. The first-order chi connectivity index (χ1) is 14.7. The Morgan fingerprint density at radius 1 is 0.900 bits per heavy atom. The maximum atomic E-state index is 13.5. The van der Waals surface area contributed by atoms with E-state index in [1.54, 1.807) is 36.5 Å². The lowest BCUT2D eigenvalue weighted by Crippen LogP contribution is -2.42. The van der Waals surface area contributed by atoms with Gasteiger partial charge in [0, 0.05) is 12.3 Å². The van der Waals surface area contributed by atoms with Gasteiger partial charge >= 0.3 is 5.56 Å². The zero-order valence-corrected chi connectivity index (χ0v) is 15.9. The van der Waals surface area contributed by atoms with Crippen molar-refractivity contribution < 1.29 is 9.57 Å². The number of aromatic nitrogens is 3. The van der Waals surface area contributed by atoms with E-state index in [-0.39, 0.29) is 12.3 Å². The molecule has 2 aromatic heterocycles. The van der Waals surface area contributed by atoms with E-state index in [2.05, 4.69) is 4.98 Å². The highest BCUT2D eigenvalue weighted by molar-refractivity contribution is 5.95. The summed E-state index contributed by atoms with van der Waals surface area (Å²) in [6, 6.07) is 25.6. The van der Waals surface area contributed by atoms with Gasteiger partial charge < -0.3 is 10.0 Å². The second-order valence-corrected chi connectivity index (χ2v) is 6.85. The summed E-state index contributed by atoms with van der Waals surface area (Å²) in [5.74, 6) is 0. The molecule has 3 aromatic carbocycles. The van der Waals surface area contributed by atoms with Crippen LogP contribution in [-0.2, 0) is 6.61 Å². The lowest BCUT2D eigenvalue weighted by Gasteiger charge is -2.14. The molecule has 0 saturated heterocycles. The van der Waals surface area contributed by atoms with Crippen LogP contribution in [0.3, 0.4) is 0 Å². The molecule has 5 rings (SSSR count). The molecule has 0 bridgehead atoms. The van der Waals surface area contributed by atoms with Crippen LogP contribution in [0.15, 0.2) is 95.9 Å². The van der Waals surface area contributed by atoms with Crippen molar-refractivity contribution in [2.24, 2.45) is 0 Å². The number of benzene rings is 3. The molecule has 0 aliphatic heterocycles. The zero-order chi connectivity index (χ0) is 20.5. The van der Waals surface area contributed by atoms with Crippen molar-refractivity contribution in [1.29, 1.82) is 0 Å². The number of rotatable bonds is 4. The maximum Gasteiger partial charge on any atom is 0.357 e. The van der Waals surface area contributed by atoms with Crippen LogP contribution in [0.5, 0.6) is 0 Å². The molecule has 0 unspecified atom stereocenters. The second-order valence-electron chi connectivity index (χ2n) is 6.85. The SMILES string of the molecule is O=c1c(-c2cccc3ccccc23)[n+]([O-])c2ccccc2n1OCc1ccccn1. The van der Waals surface area contributed by atoms with Crippen LogP contribution >= 0.6 is 0 Å². The molecule has 146 valence electrons. The van der Waals surface area contributed by atoms with Gasteiger partial charge in [-0.05, 0) is 35.0 Å². The monoisotopic (exact) mass is 395 g/mol. The third-order valence-corrected chi connectivity index (χ3v) is 5.02. The summed E-state index contributed by atoms with van der Waals surface area (Å²) >= 11 is 0. The molecule has 6 heteroatoms. The third kappa shape index (κ3) is 2.95. The Morgan fingerprint density at radius 2 is 1.67 bits per heavy atom. The van der Waals surface area contributed by atoms with Gasteiger partial charge in [-0.25, -0.2) is 0 Å². The normalized spacial score (nSPS) is 11.1. The number of nitrogens with zero attached hydrogens (tertiary/aromatic N) is 3. The molecule has 2 heterocycles. The number of para-hydroxylation sites is 2. The molecule has 0 radical (unpaired) electrons. The van der Waals surface area contributed by atoms with Crippen molar-refractivity contribution in [1.82, 2.24) is 9.71 Å². The van der Waals surface area contributed by atoms with Gasteiger partial charge in [-0.1, -0.05) is 54.6 Å². The van der Waals surface area contributed by atoms with Gasteiger partial charge in [0.25, 0.3) is 5.69 Å². The van der Waals surface area contributed by atoms with E-state index in [1.165, 1.54) is 4.73 Å². The molecule has 0 saturated carbocycles. The first-order valence-corrected chi connectivity index (χ1v) is 9.53. The highest BCUT2D eigenvalue weighted by Crippen LogP contribution is 2.25. The van der Waals surface area contributed by atoms with Crippen LogP contribution in [-0.4, -0.2) is 9.71 Å². The minimum atomic E-state index is -0.518. The fourth-order valence-electron chi connectivity index (χ4n) is 3.62. The third-order valence-electron chi connectivity index (χ3n) is 5.02. The lowest BCUT2D eigenvalue weighted by molar-refractivity contribution is -0.566. The van der Waals surface area contributed by atoms with Gasteiger partial charge in [0.1, 0.15) is 0 Å². The summed E-state index contributed by atoms with van der Waals surface area (Å²) in [6.45, 7) is 0.0998. The zero-order valence-electron chi connectivity index (χ0n) is 15.9. The highest BCUT2D eigenvalue weighted by atomic mass is 16.7. The van der Waals surface area contributed by atoms with Crippen molar-refractivity contribution in [2.45, 2.75) is 6.61 Å². The van der Waals surface area contributed by atoms with Gasteiger partial charge in [0.05, 0.1) is 11.3 Å². The van der Waals surface area contributed by atoms with Gasteiger partial charge in [-0.2, -0.15) is 4.73 Å². The van der Waals surface area contributed by atoms with Crippen molar-refractivity contribution in [3.05, 3.63) is 112 Å².